The number of anilines is 1. The van der Waals surface area contributed by atoms with Gasteiger partial charge in [-0.25, -0.2) is 0 Å². The standard InChI is InChI=1S/C11H8F9NO5S2/c1-5-2-3-6(4-7(5)27(22,23)24)21-28(25,26)11(19,20)9(14,15)8(12,13)10(16,17)18/h2-4,21H,1H3,(H,22,23,24). The summed E-state index contributed by atoms with van der Waals surface area (Å²) in [5.74, 6) is -14.9. The minimum Gasteiger partial charge on any atom is -0.282 e. The van der Waals surface area contributed by atoms with Gasteiger partial charge in [-0.2, -0.15) is 56.3 Å². The number of hydrogen-bond acceptors (Lipinski definition) is 4. The highest BCUT2D eigenvalue weighted by Gasteiger charge is 2.85. The third-order valence-corrected chi connectivity index (χ3v) is 5.60. The molecule has 17 heteroatoms. The first-order valence-electron chi connectivity index (χ1n) is 6.40. The molecule has 0 atom stereocenters. The van der Waals surface area contributed by atoms with Gasteiger partial charge in [0.2, 0.25) is 0 Å². The fraction of sp³-hybridized carbons (Fsp3) is 0.455. The molecule has 0 saturated carbocycles. The van der Waals surface area contributed by atoms with E-state index >= 15 is 0 Å². The number of hydrogen-bond donors (Lipinski definition) is 2. The molecule has 0 fully saturated rings. The topological polar surface area (TPSA) is 101 Å². The van der Waals surface area contributed by atoms with E-state index in [1.165, 1.54) is 0 Å². The van der Waals surface area contributed by atoms with E-state index in [0.717, 1.165) is 6.92 Å². The first-order chi connectivity index (χ1) is 12.1. The van der Waals surface area contributed by atoms with Crippen molar-refractivity contribution in [3.8, 4) is 0 Å². The Morgan fingerprint density at radius 1 is 0.857 bits per heavy atom. The molecule has 162 valence electrons. The number of rotatable bonds is 6. The van der Waals surface area contributed by atoms with Gasteiger partial charge < -0.3 is 0 Å². The van der Waals surface area contributed by atoms with Crippen LogP contribution in [0.3, 0.4) is 0 Å². The molecule has 0 heterocycles. The fourth-order valence-corrected chi connectivity index (χ4v) is 3.47. The molecule has 1 aromatic rings. The number of nitrogens with one attached hydrogen (secondary N) is 1. The molecule has 1 aromatic carbocycles. The van der Waals surface area contributed by atoms with Crippen molar-refractivity contribution >= 4 is 25.8 Å². The lowest BCUT2D eigenvalue weighted by Gasteiger charge is -2.33. The van der Waals surface area contributed by atoms with Crippen LogP contribution in [0.1, 0.15) is 5.56 Å². The third kappa shape index (κ3) is 3.86. The van der Waals surface area contributed by atoms with Crippen molar-refractivity contribution < 1.29 is 60.9 Å². The van der Waals surface area contributed by atoms with Gasteiger partial charge in [-0.1, -0.05) is 6.07 Å². The van der Waals surface area contributed by atoms with Crippen LogP contribution in [0, 0.1) is 6.92 Å². The number of alkyl halides is 9. The summed E-state index contributed by atoms with van der Waals surface area (Å²) >= 11 is 0. The first-order valence-corrected chi connectivity index (χ1v) is 9.32. The lowest BCUT2D eigenvalue weighted by Crippen LogP contribution is -2.64. The Morgan fingerprint density at radius 3 is 1.71 bits per heavy atom. The Balaban J connectivity index is 3.48. The van der Waals surface area contributed by atoms with Gasteiger partial charge in [-0.3, -0.25) is 9.27 Å². The quantitative estimate of drug-likeness (QED) is 0.492. The maximum Gasteiger partial charge on any atom is 0.460 e. The van der Waals surface area contributed by atoms with Gasteiger partial charge in [0, 0.05) is 0 Å². The van der Waals surface area contributed by atoms with Crippen LogP contribution in [0.2, 0.25) is 0 Å². The largest absolute Gasteiger partial charge is 0.460 e. The minimum atomic E-state index is -7.44. The highest BCUT2D eigenvalue weighted by Crippen LogP contribution is 2.54. The smallest absolute Gasteiger partial charge is 0.282 e. The van der Waals surface area contributed by atoms with Gasteiger partial charge in [0.05, 0.1) is 10.6 Å². The van der Waals surface area contributed by atoms with E-state index in [2.05, 4.69) is 0 Å². The van der Waals surface area contributed by atoms with Crippen LogP contribution in [0.5, 0.6) is 0 Å². The van der Waals surface area contributed by atoms with Crippen LogP contribution in [0.15, 0.2) is 23.1 Å². The van der Waals surface area contributed by atoms with Crippen LogP contribution in [0.25, 0.3) is 0 Å². The molecule has 2 N–H and O–H groups in total. The highest BCUT2D eigenvalue weighted by molar-refractivity contribution is 7.93. The van der Waals surface area contributed by atoms with Crippen LogP contribution in [-0.4, -0.2) is 44.7 Å². The van der Waals surface area contributed by atoms with Crippen molar-refractivity contribution in [2.75, 3.05) is 4.72 Å². The average molecular weight is 469 g/mol. The predicted octanol–water partition coefficient (Wildman–Crippen LogP) is 3.41. The molecule has 28 heavy (non-hydrogen) atoms. The molecule has 0 radical (unpaired) electrons. The van der Waals surface area contributed by atoms with Crippen LogP contribution >= 0.6 is 0 Å². The zero-order valence-electron chi connectivity index (χ0n) is 13.0. The lowest BCUT2D eigenvalue weighted by molar-refractivity contribution is -0.382. The predicted molar refractivity (Wildman–Crippen MR) is 74.4 cm³/mol. The highest BCUT2D eigenvalue weighted by atomic mass is 32.2. The maximum absolute atomic E-state index is 13.6. The van der Waals surface area contributed by atoms with Crippen molar-refractivity contribution in [2.45, 2.75) is 35.1 Å². The molecule has 1 rings (SSSR count). The minimum absolute atomic E-state index is 0.151. The van der Waals surface area contributed by atoms with Crippen molar-refractivity contribution in [2.24, 2.45) is 0 Å². The number of benzene rings is 1. The Bertz CT molecular complexity index is 971. The number of sulfonamides is 1. The van der Waals surface area contributed by atoms with E-state index in [0.29, 0.717) is 16.9 Å². The second-order valence-electron chi connectivity index (χ2n) is 5.22. The molecule has 0 aliphatic heterocycles. The maximum atomic E-state index is 13.6. The van der Waals surface area contributed by atoms with Crippen LogP contribution < -0.4 is 4.72 Å². The molecule has 0 saturated heterocycles. The monoisotopic (exact) mass is 469 g/mol. The summed E-state index contributed by atoms with van der Waals surface area (Å²) in [6, 6.07) is 1.34. The van der Waals surface area contributed by atoms with E-state index in [1.54, 1.807) is 0 Å². The van der Waals surface area contributed by atoms with Gasteiger partial charge in [-0.05, 0) is 24.6 Å². The Kier molecular flexibility index (Phi) is 5.77. The summed E-state index contributed by atoms with van der Waals surface area (Å²) in [6.07, 6.45) is -7.22. The summed E-state index contributed by atoms with van der Waals surface area (Å²) in [6.45, 7) is 1.04. The van der Waals surface area contributed by atoms with Crippen LogP contribution in [0.4, 0.5) is 45.2 Å². The molecule has 0 unspecified atom stereocenters. The van der Waals surface area contributed by atoms with Gasteiger partial charge in [0.25, 0.3) is 10.1 Å². The summed E-state index contributed by atoms with van der Waals surface area (Å²) < 4.78 is 170. The van der Waals surface area contributed by atoms with Crippen molar-refractivity contribution in [1.29, 1.82) is 0 Å². The Morgan fingerprint density at radius 2 is 1.32 bits per heavy atom. The third-order valence-electron chi connectivity index (χ3n) is 3.17. The summed E-state index contributed by atoms with van der Waals surface area (Å²) in [5, 5.41) is -7.00. The fourth-order valence-electron chi connectivity index (χ4n) is 1.69. The molecule has 0 aliphatic carbocycles. The van der Waals surface area contributed by atoms with Crippen molar-refractivity contribution in [1.82, 2.24) is 0 Å². The van der Waals surface area contributed by atoms with Gasteiger partial charge >= 0.3 is 33.3 Å². The summed E-state index contributed by atoms with van der Waals surface area (Å²) in [5.41, 5.74) is -1.52. The van der Waals surface area contributed by atoms with Crippen LogP contribution in [-0.2, 0) is 20.1 Å². The normalized spacial score (nSPS) is 14.8. The van der Waals surface area contributed by atoms with Crippen molar-refractivity contribution in [3.05, 3.63) is 23.8 Å². The average Bonchev–Trinajstić information content (AvgIpc) is 2.46. The van der Waals surface area contributed by atoms with E-state index < -0.39 is 54.0 Å². The van der Waals surface area contributed by atoms with Crippen molar-refractivity contribution in [3.63, 3.8) is 0 Å². The van der Waals surface area contributed by atoms with E-state index in [1.807, 2.05) is 0 Å². The number of aryl methyl sites for hydroxylation is 1. The molecule has 6 nitrogen and oxygen atoms in total. The van der Waals surface area contributed by atoms with Gasteiger partial charge in [0.1, 0.15) is 0 Å². The van der Waals surface area contributed by atoms with E-state index in [-0.39, 0.29) is 11.6 Å². The lowest BCUT2D eigenvalue weighted by atomic mass is 10.1. The van der Waals surface area contributed by atoms with E-state index in [4.69, 9.17) is 4.55 Å². The summed E-state index contributed by atoms with van der Waals surface area (Å²) in [7, 11) is -12.0. The first kappa shape index (κ1) is 24.3. The summed E-state index contributed by atoms with van der Waals surface area (Å²) in [4.78, 5) is -1.08. The zero-order valence-corrected chi connectivity index (χ0v) is 14.7. The number of halogens is 9. The second kappa shape index (κ2) is 6.65. The molecule has 0 aliphatic rings. The zero-order chi connectivity index (χ0) is 22.6. The molecular formula is C11H8F9NO5S2. The Labute approximate surface area is 151 Å². The molecule has 0 bridgehead atoms. The SMILES string of the molecule is Cc1ccc(NS(=O)(=O)C(F)(F)C(F)(F)C(F)(F)C(F)(F)F)cc1S(=O)(=O)O. The molecule has 0 aromatic heterocycles. The molecular weight excluding hydrogens is 461 g/mol. The second-order valence-corrected chi connectivity index (χ2v) is 8.34. The Hall–Kier alpha value is -1.75. The van der Waals surface area contributed by atoms with Gasteiger partial charge in [-0.15, -0.1) is 0 Å². The van der Waals surface area contributed by atoms with Gasteiger partial charge in [0.15, 0.2) is 0 Å². The van der Waals surface area contributed by atoms with E-state index in [9.17, 15) is 56.3 Å². The molecule has 0 spiro atoms. The molecule has 0 amide bonds.